The molecular weight excluding hydrogens is 743 g/mol. The van der Waals surface area contributed by atoms with Crippen LogP contribution in [0.15, 0.2) is 203 Å². The Morgan fingerprint density at radius 1 is 0.443 bits per heavy atom. The molecule has 0 aliphatic heterocycles. The van der Waals surface area contributed by atoms with Gasteiger partial charge in [-0.05, 0) is 136 Å². The van der Waals surface area contributed by atoms with Gasteiger partial charge in [0.2, 0.25) is 0 Å². The van der Waals surface area contributed by atoms with Crippen LogP contribution in [0.2, 0.25) is 0 Å². The van der Waals surface area contributed by atoms with Crippen molar-refractivity contribution in [2.24, 2.45) is 0 Å². The van der Waals surface area contributed by atoms with Crippen LogP contribution in [0.1, 0.15) is 29.0 Å². The monoisotopic (exact) mass is 781 g/mol. The lowest BCUT2D eigenvalue weighted by Crippen LogP contribution is -2.05. The van der Waals surface area contributed by atoms with E-state index in [0.717, 1.165) is 58.1 Å². The number of aromatic nitrogens is 1. The third-order valence-corrected chi connectivity index (χ3v) is 13.3. The van der Waals surface area contributed by atoms with Crippen molar-refractivity contribution >= 4 is 65.7 Å². The molecular formula is C58H39NO2. The van der Waals surface area contributed by atoms with Gasteiger partial charge in [-0.15, -0.1) is 0 Å². The molecule has 0 N–H and O–H groups in total. The Morgan fingerprint density at radius 2 is 1.11 bits per heavy atom. The van der Waals surface area contributed by atoms with Crippen LogP contribution in [-0.2, 0) is 12.8 Å². The maximum Gasteiger partial charge on any atom is 0.136 e. The number of benzene rings is 9. The zero-order valence-corrected chi connectivity index (χ0v) is 33.4. The van der Waals surface area contributed by atoms with Gasteiger partial charge in [0, 0.05) is 38.0 Å². The van der Waals surface area contributed by atoms with Crippen LogP contribution >= 0.6 is 0 Å². The minimum atomic E-state index is 0.307. The summed E-state index contributed by atoms with van der Waals surface area (Å²) in [5, 5.41) is 7.26. The van der Waals surface area contributed by atoms with Crippen molar-refractivity contribution in [3.8, 4) is 39.1 Å². The van der Waals surface area contributed by atoms with E-state index < -0.39 is 0 Å². The summed E-state index contributed by atoms with van der Waals surface area (Å²) in [6, 6.07) is 70.9. The zero-order chi connectivity index (χ0) is 40.0. The second-order valence-corrected chi connectivity index (χ2v) is 16.7. The van der Waals surface area contributed by atoms with Gasteiger partial charge >= 0.3 is 0 Å². The van der Waals surface area contributed by atoms with E-state index in [1.807, 2.05) is 12.1 Å². The number of rotatable bonds is 5. The molecule has 0 saturated carbocycles. The molecule has 9 aromatic carbocycles. The Bertz CT molecular complexity index is 3690. The topological polar surface area (TPSA) is 31.2 Å². The van der Waals surface area contributed by atoms with Gasteiger partial charge in [-0.25, -0.2) is 0 Å². The van der Waals surface area contributed by atoms with Gasteiger partial charge in [0.15, 0.2) is 0 Å². The van der Waals surface area contributed by atoms with Crippen molar-refractivity contribution in [1.29, 1.82) is 0 Å². The lowest BCUT2D eigenvalue weighted by atomic mass is 9.84. The number of nitrogens with zero attached hydrogens (tertiary/aromatic N) is 1. The van der Waals surface area contributed by atoms with Gasteiger partial charge in [0.1, 0.15) is 22.3 Å². The second-order valence-electron chi connectivity index (χ2n) is 16.7. The van der Waals surface area contributed by atoms with Crippen molar-refractivity contribution in [2.75, 3.05) is 0 Å². The number of para-hydroxylation sites is 3. The van der Waals surface area contributed by atoms with Crippen LogP contribution in [0.5, 0.6) is 0 Å². The molecule has 288 valence electrons. The smallest absolute Gasteiger partial charge is 0.136 e. The minimum Gasteiger partial charge on any atom is -0.456 e. The molecule has 13 rings (SSSR count). The number of furan rings is 2. The molecule has 0 fully saturated rings. The highest BCUT2D eigenvalue weighted by Gasteiger charge is 2.28. The van der Waals surface area contributed by atoms with Crippen molar-refractivity contribution in [3.63, 3.8) is 0 Å². The molecule has 0 bridgehead atoms. The fraction of sp³-hybridized carbons (Fsp3) is 0.0690. The molecule has 12 aromatic rings. The molecule has 1 atom stereocenters. The van der Waals surface area contributed by atoms with E-state index >= 15 is 0 Å². The molecule has 1 unspecified atom stereocenters. The SMILES string of the molecule is c1ccc(-c2cccc(-n3c4ccccc4c4c5c(ccc43)C(Cc3ccc4oc6ccccc6c4c3)CCc3cc(-c4ccc6c(c4)oc4ccccc46)ccc3-5)c2)cc1. The zero-order valence-electron chi connectivity index (χ0n) is 33.4. The summed E-state index contributed by atoms with van der Waals surface area (Å²) in [4.78, 5) is 0. The molecule has 3 aromatic heterocycles. The Morgan fingerprint density at radius 3 is 1.98 bits per heavy atom. The van der Waals surface area contributed by atoms with E-state index in [0.29, 0.717) is 5.92 Å². The van der Waals surface area contributed by atoms with Crippen LogP contribution in [0.4, 0.5) is 0 Å². The summed E-state index contributed by atoms with van der Waals surface area (Å²) in [5.74, 6) is 0.307. The quantitative estimate of drug-likeness (QED) is 0.174. The molecule has 0 spiro atoms. The number of hydrogen-bond acceptors (Lipinski definition) is 2. The average molecular weight is 782 g/mol. The van der Waals surface area contributed by atoms with Crippen LogP contribution in [-0.4, -0.2) is 4.57 Å². The Hall–Kier alpha value is -7.62. The normalized spacial score (nSPS) is 14.0. The van der Waals surface area contributed by atoms with Gasteiger partial charge < -0.3 is 13.4 Å². The first-order valence-corrected chi connectivity index (χ1v) is 21.4. The molecule has 0 amide bonds. The van der Waals surface area contributed by atoms with Gasteiger partial charge in [-0.2, -0.15) is 0 Å². The molecule has 1 aliphatic rings. The van der Waals surface area contributed by atoms with Crippen molar-refractivity contribution in [3.05, 3.63) is 211 Å². The van der Waals surface area contributed by atoms with E-state index in [2.05, 4.69) is 187 Å². The molecule has 3 heteroatoms. The maximum atomic E-state index is 6.36. The summed E-state index contributed by atoms with van der Waals surface area (Å²) >= 11 is 0. The molecule has 61 heavy (non-hydrogen) atoms. The number of aryl methyl sites for hydroxylation is 1. The highest BCUT2D eigenvalue weighted by molar-refractivity contribution is 6.17. The predicted octanol–water partition coefficient (Wildman–Crippen LogP) is 15.9. The van der Waals surface area contributed by atoms with E-state index in [4.69, 9.17) is 8.83 Å². The maximum absolute atomic E-state index is 6.36. The molecule has 0 saturated heterocycles. The van der Waals surface area contributed by atoms with Crippen molar-refractivity contribution in [1.82, 2.24) is 4.57 Å². The van der Waals surface area contributed by atoms with Crippen LogP contribution < -0.4 is 0 Å². The van der Waals surface area contributed by atoms with Crippen molar-refractivity contribution in [2.45, 2.75) is 25.2 Å². The summed E-state index contributed by atoms with van der Waals surface area (Å²) in [6.45, 7) is 0. The summed E-state index contributed by atoms with van der Waals surface area (Å²) in [6.07, 6.45) is 2.96. The fourth-order valence-electron chi connectivity index (χ4n) is 10.5. The highest BCUT2D eigenvalue weighted by atomic mass is 16.3. The molecule has 3 heterocycles. The van der Waals surface area contributed by atoms with E-state index in [-0.39, 0.29) is 0 Å². The lowest BCUT2D eigenvalue weighted by molar-refractivity contribution is 0.629. The van der Waals surface area contributed by atoms with E-state index in [9.17, 15) is 0 Å². The molecule has 1 aliphatic carbocycles. The summed E-state index contributed by atoms with van der Waals surface area (Å²) < 4.78 is 15.1. The van der Waals surface area contributed by atoms with Crippen molar-refractivity contribution < 1.29 is 8.83 Å². The van der Waals surface area contributed by atoms with Crippen LogP contribution in [0.3, 0.4) is 0 Å². The van der Waals surface area contributed by atoms with E-state index in [1.165, 1.54) is 82.6 Å². The Balaban J connectivity index is 1.01. The first kappa shape index (κ1) is 34.3. The fourth-order valence-corrected chi connectivity index (χ4v) is 10.5. The molecule has 0 radical (unpaired) electrons. The van der Waals surface area contributed by atoms with Gasteiger partial charge in [0.25, 0.3) is 0 Å². The standard InChI is InChI=1S/C58H39NO2/c1-2-11-37(12-3-1)38-13-10-14-43(34-38)59-51-18-7-4-17-49(51)58-52(59)29-28-45-41(31-36-21-30-55-50(32-36)47-16-6-9-20-54(47)60-55)22-23-42-33-39(24-26-44(42)57(45)58)40-25-27-48-46-15-5-8-19-53(46)61-56(48)35-40/h1-21,24-30,32-35,41H,22-23,31H2. The first-order chi connectivity index (χ1) is 30.2. The summed E-state index contributed by atoms with van der Waals surface area (Å²) in [5.41, 5.74) is 19.0. The average Bonchev–Trinajstić information content (AvgIpc) is 3.96. The second kappa shape index (κ2) is 13.5. The van der Waals surface area contributed by atoms with Crippen LogP contribution in [0.25, 0.3) is 105 Å². The Kier molecular flexibility index (Phi) is 7.56. The summed E-state index contributed by atoms with van der Waals surface area (Å²) in [7, 11) is 0. The lowest BCUT2D eigenvalue weighted by Gasteiger charge is -2.20. The molecule has 3 nitrogen and oxygen atoms in total. The number of hydrogen-bond donors (Lipinski definition) is 0. The van der Waals surface area contributed by atoms with Gasteiger partial charge in [-0.3, -0.25) is 0 Å². The highest BCUT2D eigenvalue weighted by Crippen LogP contribution is 2.48. The van der Waals surface area contributed by atoms with Crippen LogP contribution in [0, 0.1) is 0 Å². The third-order valence-electron chi connectivity index (χ3n) is 13.3. The third kappa shape index (κ3) is 5.44. The Labute approximate surface area is 352 Å². The van der Waals surface area contributed by atoms with E-state index in [1.54, 1.807) is 0 Å². The first-order valence-electron chi connectivity index (χ1n) is 21.4. The largest absolute Gasteiger partial charge is 0.456 e. The van der Waals surface area contributed by atoms with Gasteiger partial charge in [0.05, 0.1) is 11.0 Å². The van der Waals surface area contributed by atoms with Gasteiger partial charge in [-0.1, -0.05) is 133 Å². The predicted molar refractivity (Wildman–Crippen MR) is 253 cm³/mol. The minimum absolute atomic E-state index is 0.307. The number of fused-ring (bicyclic) bond motifs is 13.